The molecule has 0 aromatic carbocycles. The van der Waals surface area contributed by atoms with Crippen molar-refractivity contribution in [1.82, 2.24) is 0 Å². The van der Waals surface area contributed by atoms with E-state index in [2.05, 4.69) is 14.2 Å². The maximum absolute atomic E-state index is 10.5. The van der Waals surface area contributed by atoms with Gasteiger partial charge in [0.1, 0.15) is 0 Å². The van der Waals surface area contributed by atoms with E-state index in [4.69, 9.17) is 5.53 Å². The lowest BCUT2D eigenvalue weighted by Crippen LogP contribution is -2.03. The van der Waals surface area contributed by atoms with Gasteiger partial charge in [0.05, 0.1) is 12.9 Å². The molecule has 0 aromatic heterocycles. The van der Waals surface area contributed by atoms with Crippen LogP contribution in [0.2, 0.25) is 0 Å². The highest BCUT2D eigenvalue weighted by atomic mass is 32.2. The third-order valence-electron chi connectivity index (χ3n) is 1.51. The van der Waals surface area contributed by atoms with Crippen LogP contribution in [-0.4, -0.2) is 27.8 Å². The highest BCUT2D eigenvalue weighted by molar-refractivity contribution is 7.85. The maximum Gasteiger partial charge on any atom is 0.264 e. The molecule has 0 rings (SSSR count). The van der Waals surface area contributed by atoms with E-state index in [1.807, 2.05) is 0 Å². The molecule has 0 spiro atoms. The van der Waals surface area contributed by atoms with Crippen molar-refractivity contribution in [2.45, 2.75) is 25.7 Å². The van der Waals surface area contributed by atoms with Gasteiger partial charge in [-0.25, -0.2) is 0 Å². The quantitative estimate of drug-likeness (QED) is 0.206. The van der Waals surface area contributed by atoms with Crippen molar-refractivity contribution in [1.29, 1.82) is 0 Å². The van der Waals surface area contributed by atoms with Gasteiger partial charge in [0.2, 0.25) is 0 Å². The summed E-state index contributed by atoms with van der Waals surface area (Å²) in [6, 6.07) is 0. The second kappa shape index (κ2) is 7.61. The van der Waals surface area contributed by atoms with Crippen molar-refractivity contribution < 1.29 is 12.6 Å². The highest BCUT2D eigenvalue weighted by Crippen LogP contribution is 2.01. The molecule has 82 valence electrons. The molecule has 0 N–H and O–H groups in total. The number of rotatable bonds is 8. The standard InChI is InChI=1S/C7H15N3O3S/c1-14(11,12)13-7-5-3-2-4-6-9-10-8/h2-7H2,1H3. The van der Waals surface area contributed by atoms with Crippen molar-refractivity contribution >= 4 is 10.1 Å². The molecule has 0 amide bonds. The summed E-state index contributed by atoms with van der Waals surface area (Å²) in [6.07, 6.45) is 4.39. The smallest absolute Gasteiger partial charge is 0.264 e. The van der Waals surface area contributed by atoms with Crippen LogP contribution in [-0.2, 0) is 14.3 Å². The van der Waals surface area contributed by atoms with E-state index in [1.54, 1.807) is 0 Å². The maximum atomic E-state index is 10.5. The zero-order valence-corrected chi connectivity index (χ0v) is 9.03. The minimum Gasteiger partial charge on any atom is -0.270 e. The van der Waals surface area contributed by atoms with Crippen LogP contribution in [0.15, 0.2) is 5.11 Å². The van der Waals surface area contributed by atoms with Crippen LogP contribution in [0, 0.1) is 0 Å². The van der Waals surface area contributed by atoms with Crippen LogP contribution < -0.4 is 0 Å². The zero-order chi connectivity index (χ0) is 10.9. The molecular weight excluding hydrogens is 206 g/mol. The van der Waals surface area contributed by atoms with Gasteiger partial charge < -0.3 is 0 Å². The van der Waals surface area contributed by atoms with Gasteiger partial charge in [0.15, 0.2) is 0 Å². The summed E-state index contributed by atoms with van der Waals surface area (Å²) in [5.74, 6) is 0. The van der Waals surface area contributed by atoms with Gasteiger partial charge in [0, 0.05) is 11.5 Å². The predicted octanol–water partition coefficient (Wildman–Crippen LogP) is 1.83. The fraction of sp³-hybridized carbons (Fsp3) is 1.00. The third-order valence-corrected chi connectivity index (χ3v) is 2.11. The lowest BCUT2D eigenvalue weighted by Gasteiger charge is -2.00. The van der Waals surface area contributed by atoms with E-state index in [9.17, 15) is 8.42 Å². The molecule has 0 fully saturated rings. The fourth-order valence-corrected chi connectivity index (χ4v) is 1.31. The average Bonchev–Trinajstić information content (AvgIpc) is 2.08. The lowest BCUT2D eigenvalue weighted by molar-refractivity contribution is 0.310. The summed E-state index contributed by atoms with van der Waals surface area (Å²) in [4.78, 5) is 2.62. The van der Waals surface area contributed by atoms with Gasteiger partial charge in [-0.15, -0.1) is 0 Å². The average molecular weight is 221 g/mol. The first-order valence-corrected chi connectivity index (χ1v) is 6.23. The van der Waals surface area contributed by atoms with E-state index in [1.165, 1.54) is 0 Å². The first kappa shape index (κ1) is 13.2. The number of hydrogen-bond donors (Lipinski definition) is 0. The summed E-state index contributed by atoms with van der Waals surface area (Å²) < 4.78 is 25.6. The van der Waals surface area contributed by atoms with Gasteiger partial charge in [-0.1, -0.05) is 18.0 Å². The van der Waals surface area contributed by atoms with Gasteiger partial charge in [0.25, 0.3) is 10.1 Å². The van der Waals surface area contributed by atoms with Gasteiger partial charge >= 0.3 is 0 Å². The van der Waals surface area contributed by atoms with Gasteiger partial charge in [-0.3, -0.25) is 4.18 Å². The van der Waals surface area contributed by atoms with Gasteiger partial charge in [-0.05, 0) is 18.4 Å². The third kappa shape index (κ3) is 11.2. The first-order valence-electron chi connectivity index (χ1n) is 4.41. The van der Waals surface area contributed by atoms with Crippen molar-refractivity contribution in [2.24, 2.45) is 5.11 Å². The SMILES string of the molecule is CS(=O)(=O)OCCCCCCN=[N+]=[N-]. The number of nitrogens with zero attached hydrogens (tertiary/aromatic N) is 3. The van der Waals surface area contributed by atoms with E-state index >= 15 is 0 Å². The molecule has 0 saturated carbocycles. The van der Waals surface area contributed by atoms with Crippen molar-refractivity contribution in [3.05, 3.63) is 10.4 Å². The molecule has 0 saturated heterocycles. The minimum absolute atomic E-state index is 0.236. The number of hydrogen-bond acceptors (Lipinski definition) is 4. The van der Waals surface area contributed by atoms with E-state index < -0.39 is 10.1 Å². The second-order valence-corrected chi connectivity index (χ2v) is 4.54. The Balaban J connectivity index is 3.18. The van der Waals surface area contributed by atoms with Crippen LogP contribution in [0.3, 0.4) is 0 Å². The van der Waals surface area contributed by atoms with Crippen LogP contribution in [0.1, 0.15) is 25.7 Å². The molecule has 0 aliphatic heterocycles. The molecule has 0 aliphatic rings. The lowest BCUT2D eigenvalue weighted by atomic mass is 10.2. The van der Waals surface area contributed by atoms with Crippen LogP contribution in [0.4, 0.5) is 0 Å². The van der Waals surface area contributed by atoms with Crippen molar-refractivity contribution in [3.63, 3.8) is 0 Å². The van der Waals surface area contributed by atoms with Crippen LogP contribution in [0.25, 0.3) is 10.4 Å². The summed E-state index contributed by atoms with van der Waals surface area (Å²) in [5, 5.41) is 3.38. The van der Waals surface area contributed by atoms with E-state index in [-0.39, 0.29) is 6.61 Å². The Kier molecular flexibility index (Phi) is 7.18. The zero-order valence-electron chi connectivity index (χ0n) is 8.22. The molecule has 0 unspecified atom stereocenters. The predicted molar refractivity (Wildman–Crippen MR) is 53.3 cm³/mol. The summed E-state index contributed by atoms with van der Waals surface area (Å²) in [7, 11) is -3.29. The Labute approximate surface area is 84.0 Å². The molecule has 0 atom stereocenters. The molecule has 0 radical (unpaired) electrons. The molecule has 0 aromatic rings. The van der Waals surface area contributed by atoms with Crippen molar-refractivity contribution in [2.75, 3.05) is 19.4 Å². The Bertz CT molecular complexity index is 283. The summed E-state index contributed by atoms with van der Waals surface area (Å²) in [5.41, 5.74) is 7.97. The fourth-order valence-electron chi connectivity index (χ4n) is 0.893. The molecule has 0 aliphatic carbocycles. The van der Waals surface area contributed by atoms with Crippen LogP contribution in [0.5, 0.6) is 0 Å². The summed E-state index contributed by atoms with van der Waals surface area (Å²) in [6.45, 7) is 0.740. The normalized spacial score (nSPS) is 10.9. The summed E-state index contributed by atoms with van der Waals surface area (Å²) >= 11 is 0. The molecule has 7 heteroatoms. The molecule has 6 nitrogen and oxygen atoms in total. The van der Waals surface area contributed by atoms with E-state index in [0.29, 0.717) is 13.0 Å². The van der Waals surface area contributed by atoms with Crippen LogP contribution >= 0.6 is 0 Å². The topological polar surface area (TPSA) is 92.1 Å². The highest BCUT2D eigenvalue weighted by Gasteiger charge is 1.99. The largest absolute Gasteiger partial charge is 0.270 e. The first-order chi connectivity index (χ1) is 6.56. The molecule has 0 heterocycles. The molecule has 14 heavy (non-hydrogen) atoms. The Morgan fingerprint density at radius 1 is 1.29 bits per heavy atom. The Morgan fingerprint density at radius 3 is 2.50 bits per heavy atom. The van der Waals surface area contributed by atoms with E-state index in [0.717, 1.165) is 25.5 Å². The molecular formula is C7H15N3O3S. The Hall–Kier alpha value is -0.780. The number of azide groups is 1. The van der Waals surface area contributed by atoms with Crippen molar-refractivity contribution in [3.8, 4) is 0 Å². The van der Waals surface area contributed by atoms with Gasteiger partial charge in [-0.2, -0.15) is 8.42 Å². The monoisotopic (exact) mass is 221 g/mol. The Morgan fingerprint density at radius 2 is 1.93 bits per heavy atom. The second-order valence-electron chi connectivity index (χ2n) is 2.89. The molecule has 0 bridgehead atoms. The minimum atomic E-state index is -3.29. The number of unbranched alkanes of at least 4 members (excludes halogenated alkanes) is 3.